The average molecular weight is 205 g/mol. The lowest BCUT2D eigenvalue weighted by Gasteiger charge is -2.04. The third kappa shape index (κ3) is 1.61. The largest absolute Gasteiger partial charge is 0.335 e. The summed E-state index contributed by atoms with van der Waals surface area (Å²) in [5.41, 5.74) is 2.48. The quantitative estimate of drug-likeness (QED) is 0.605. The first-order chi connectivity index (χ1) is 7.93. The highest BCUT2D eigenvalue weighted by molar-refractivity contribution is 5.79. The number of aromatic nitrogens is 1. The molecule has 0 fully saturated rings. The molecule has 3 aromatic rings. The summed E-state index contributed by atoms with van der Waals surface area (Å²) in [5.74, 6) is 0. The maximum absolute atomic E-state index is 3.25. The van der Waals surface area contributed by atoms with Crippen molar-refractivity contribution in [2.45, 2.75) is 6.54 Å². The van der Waals surface area contributed by atoms with Crippen molar-refractivity contribution in [3.05, 3.63) is 72.4 Å². The molecule has 0 bridgehead atoms. The number of hydrogen-bond donors (Lipinski definition) is 0. The minimum absolute atomic E-state index is 0.863. The summed E-state index contributed by atoms with van der Waals surface area (Å²) in [6.07, 6.45) is 3.25. The van der Waals surface area contributed by atoms with Crippen LogP contribution in [-0.4, -0.2) is 4.57 Å². The molecule has 0 atom stereocenters. The van der Waals surface area contributed by atoms with Gasteiger partial charge < -0.3 is 4.57 Å². The molecule has 0 aliphatic carbocycles. The van der Waals surface area contributed by atoms with Crippen LogP contribution in [0.5, 0.6) is 0 Å². The Morgan fingerprint density at radius 2 is 1.88 bits per heavy atom. The van der Waals surface area contributed by atoms with Gasteiger partial charge in [-0.15, -0.1) is 0 Å². The molecule has 0 amide bonds. The van der Waals surface area contributed by atoms with E-state index in [1.54, 1.807) is 0 Å². The molecule has 2 radical (unpaired) electrons. The van der Waals surface area contributed by atoms with Crippen LogP contribution in [0.4, 0.5) is 0 Å². The molecule has 1 heteroatoms. The van der Waals surface area contributed by atoms with Crippen LogP contribution in [-0.2, 0) is 6.54 Å². The van der Waals surface area contributed by atoms with Gasteiger partial charge in [0.2, 0.25) is 0 Å². The molecule has 2 aromatic carbocycles. The van der Waals surface area contributed by atoms with Gasteiger partial charge in [0.15, 0.2) is 0 Å². The second-order valence-electron chi connectivity index (χ2n) is 3.81. The van der Waals surface area contributed by atoms with Crippen molar-refractivity contribution in [2.24, 2.45) is 0 Å². The standard InChI is InChI=1S/C15H11N/c1-2-6-13(7-3-1)12-16-11-10-14-8-4-5-9-15(14)16/h1-7,9-10H,12H2. The predicted molar refractivity (Wildman–Crippen MR) is 65.2 cm³/mol. The summed E-state index contributed by atoms with van der Waals surface area (Å²) >= 11 is 0. The zero-order chi connectivity index (χ0) is 10.8. The van der Waals surface area contributed by atoms with Crippen LogP contribution < -0.4 is 0 Å². The maximum Gasteiger partial charge on any atom is 0.0662 e. The van der Waals surface area contributed by atoms with Crippen LogP contribution in [0.1, 0.15) is 5.56 Å². The van der Waals surface area contributed by atoms with Gasteiger partial charge in [-0.05, 0) is 23.8 Å². The number of fused-ring (bicyclic) bond motifs is 1. The van der Waals surface area contributed by atoms with Crippen LogP contribution in [0.15, 0.2) is 54.6 Å². The first kappa shape index (κ1) is 9.22. The second-order valence-corrected chi connectivity index (χ2v) is 3.81. The highest BCUT2D eigenvalue weighted by Gasteiger charge is 2.00. The molecule has 0 saturated carbocycles. The lowest BCUT2D eigenvalue weighted by atomic mass is 10.2. The molecular weight excluding hydrogens is 194 g/mol. The summed E-state index contributed by atoms with van der Waals surface area (Å²) in [6, 6.07) is 21.7. The van der Waals surface area contributed by atoms with Crippen molar-refractivity contribution in [1.82, 2.24) is 4.57 Å². The van der Waals surface area contributed by atoms with Gasteiger partial charge in [-0.25, -0.2) is 0 Å². The molecule has 1 heterocycles. The fourth-order valence-electron chi connectivity index (χ4n) is 1.90. The Labute approximate surface area is 95.0 Å². The fraction of sp³-hybridized carbons (Fsp3) is 0.0667. The molecule has 1 aromatic heterocycles. The van der Waals surface area contributed by atoms with Gasteiger partial charge in [0, 0.05) is 17.4 Å². The monoisotopic (exact) mass is 205 g/mol. The maximum atomic E-state index is 3.25. The van der Waals surface area contributed by atoms with E-state index in [1.165, 1.54) is 11.1 Å². The van der Waals surface area contributed by atoms with Crippen LogP contribution in [0.25, 0.3) is 10.9 Å². The number of nitrogens with zero attached hydrogens (tertiary/aromatic N) is 1. The summed E-state index contributed by atoms with van der Waals surface area (Å²) < 4.78 is 2.13. The minimum atomic E-state index is 0.863. The summed E-state index contributed by atoms with van der Waals surface area (Å²) in [4.78, 5) is 0. The molecule has 0 aliphatic heterocycles. The van der Waals surface area contributed by atoms with Crippen molar-refractivity contribution in [1.29, 1.82) is 0 Å². The molecule has 0 spiro atoms. The van der Waals surface area contributed by atoms with Crippen molar-refractivity contribution in [3.8, 4) is 0 Å². The number of hydrogen-bond acceptors (Lipinski definition) is 0. The average Bonchev–Trinajstić information content (AvgIpc) is 2.74. The SMILES string of the molecule is [c]1cccc2c1c[c]n2Cc1ccccc1. The fourth-order valence-corrected chi connectivity index (χ4v) is 1.90. The lowest BCUT2D eigenvalue weighted by Crippen LogP contribution is -1.97. The van der Waals surface area contributed by atoms with E-state index in [4.69, 9.17) is 0 Å². The van der Waals surface area contributed by atoms with Crippen molar-refractivity contribution in [3.63, 3.8) is 0 Å². The minimum Gasteiger partial charge on any atom is -0.335 e. The van der Waals surface area contributed by atoms with Crippen LogP contribution >= 0.6 is 0 Å². The van der Waals surface area contributed by atoms with E-state index in [0.29, 0.717) is 0 Å². The zero-order valence-electron chi connectivity index (χ0n) is 8.85. The van der Waals surface area contributed by atoms with E-state index in [1.807, 2.05) is 24.3 Å². The van der Waals surface area contributed by atoms with Gasteiger partial charge >= 0.3 is 0 Å². The van der Waals surface area contributed by atoms with Crippen LogP contribution in [0.2, 0.25) is 0 Å². The van der Waals surface area contributed by atoms with E-state index in [-0.39, 0.29) is 0 Å². The Morgan fingerprint density at radius 1 is 1.00 bits per heavy atom. The van der Waals surface area contributed by atoms with Gasteiger partial charge in [-0.2, -0.15) is 0 Å². The normalized spacial score (nSPS) is 10.8. The van der Waals surface area contributed by atoms with Gasteiger partial charge in [-0.1, -0.05) is 42.5 Å². The Kier molecular flexibility index (Phi) is 2.22. The molecule has 1 nitrogen and oxygen atoms in total. The first-order valence-corrected chi connectivity index (χ1v) is 5.35. The summed E-state index contributed by atoms with van der Waals surface area (Å²) in [6.45, 7) is 0.863. The van der Waals surface area contributed by atoms with Gasteiger partial charge in [0.25, 0.3) is 0 Å². The summed E-state index contributed by atoms with van der Waals surface area (Å²) in [5, 5.41) is 1.12. The van der Waals surface area contributed by atoms with Crippen molar-refractivity contribution < 1.29 is 0 Å². The highest BCUT2D eigenvalue weighted by Crippen LogP contribution is 2.15. The Morgan fingerprint density at radius 3 is 2.75 bits per heavy atom. The van der Waals surface area contributed by atoms with Gasteiger partial charge in [0.1, 0.15) is 0 Å². The molecule has 3 rings (SSSR count). The Hall–Kier alpha value is -2.02. The van der Waals surface area contributed by atoms with Gasteiger partial charge in [0.05, 0.1) is 6.20 Å². The zero-order valence-corrected chi connectivity index (χ0v) is 8.85. The van der Waals surface area contributed by atoms with Gasteiger partial charge in [-0.3, -0.25) is 0 Å². The van der Waals surface area contributed by atoms with Crippen LogP contribution in [0, 0.1) is 12.3 Å². The van der Waals surface area contributed by atoms with E-state index < -0.39 is 0 Å². The summed E-state index contributed by atoms with van der Waals surface area (Å²) in [7, 11) is 0. The third-order valence-corrected chi connectivity index (χ3v) is 2.70. The Balaban J connectivity index is 2.01. The number of rotatable bonds is 2. The topological polar surface area (TPSA) is 4.93 Å². The van der Waals surface area contributed by atoms with Crippen molar-refractivity contribution >= 4 is 10.9 Å². The first-order valence-electron chi connectivity index (χ1n) is 5.35. The number of benzene rings is 2. The molecule has 0 aliphatic rings. The van der Waals surface area contributed by atoms with Crippen molar-refractivity contribution in [2.75, 3.05) is 0 Å². The predicted octanol–water partition coefficient (Wildman–Crippen LogP) is 3.29. The highest BCUT2D eigenvalue weighted by atomic mass is 14.9. The lowest BCUT2D eigenvalue weighted by molar-refractivity contribution is 0.830. The van der Waals surface area contributed by atoms with E-state index in [0.717, 1.165) is 11.9 Å². The third-order valence-electron chi connectivity index (χ3n) is 2.70. The van der Waals surface area contributed by atoms with Crippen LogP contribution in [0.3, 0.4) is 0 Å². The Bertz CT molecular complexity index is 593. The van der Waals surface area contributed by atoms with E-state index in [9.17, 15) is 0 Å². The molecule has 0 saturated heterocycles. The second kappa shape index (κ2) is 3.86. The smallest absolute Gasteiger partial charge is 0.0662 e. The molecule has 76 valence electrons. The van der Waals surface area contributed by atoms with E-state index in [2.05, 4.69) is 47.2 Å². The molecule has 0 N–H and O–H groups in total. The molecular formula is C15H11N. The molecule has 16 heavy (non-hydrogen) atoms. The van der Waals surface area contributed by atoms with E-state index >= 15 is 0 Å². The molecule has 0 unspecified atom stereocenters.